The lowest BCUT2D eigenvalue weighted by Crippen LogP contribution is -2.54. The van der Waals surface area contributed by atoms with Crippen molar-refractivity contribution in [2.24, 2.45) is 11.1 Å². The van der Waals surface area contributed by atoms with Gasteiger partial charge in [0.2, 0.25) is 0 Å². The Morgan fingerprint density at radius 2 is 2.06 bits per heavy atom. The van der Waals surface area contributed by atoms with Crippen molar-refractivity contribution < 1.29 is 9.50 Å². The Bertz CT molecular complexity index is 397. The van der Waals surface area contributed by atoms with Crippen molar-refractivity contribution >= 4 is 0 Å². The van der Waals surface area contributed by atoms with Gasteiger partial charge in [0.1, 0.15) is 5.82 Å². The minimum atomic E-state index is -1.13. The summed E-state index contributed by atoms with van der Waals surface area (Å²) in [5, 5.41) is 10.9. The highest BCUT2D eigenvalue weighted by atomic mass is 19.1. The maximum absolute atomic E-state index is 13.9. The van der Waals surface area contributed by atoms with Gasteiger partial charge in [0.25, 0.3) is 0 Å². The van der Waals surface area contributed by atoms with Gasteiger partial charge < -0.3 is 10.8 Å². The van der Waals surface area contributed by atoms with Crippen LogP contribution in [0.1, 0.15) is 38.2 Å². The van der Waals surface area contributed by atoms with E-state index in [4.69, 9.17) is 5.73 Å². The minimum absolute atomic E-state index is 0.337. The lowest BCUT2D eigenvalue weighted by molar-refractivity contribution is -0.134. The monoisotopic (exact) mass is 237 g/mol. The summed E-state index contributed by atoms with van der Waals surface area (Å²) in [7, 11) is 0. The van der Waals surface area contributed by atoms with Gasteiger partial charge >= 0.3 is 0 Å². The van der Waals surface area contributed by atoms with Gasteiger partial charge in [-0.15, -0.1) is 0 Å². The fourth-order valence-corrected chi connectivity index (χ4v) is 3.04. The van der Waals surface area contributed by atoms with Crippen molar-refractivity contribution in [3.8, 4) is 0 Å². The third-order valence-corrected chi connectivity index (χ3v) is 4.41. The van der Waals surface area contributed by atoms with Crippen LogP contribution in [0, 0.1) is 11.2 Å². The molecule has 0 radical (unpaired) electrons. The molecular weight excluding hydrogens is 217 g/mol. The zero-order chi connectivity index (χ0) is 12.5. The van der Waals surface area contributed by atoms with E-state index >= 15 is 0 Å². The number of benzene rings is 1. The van der Waals surface area contributed by atoms with Gasteiger partial charge in [0.15, 0.2) is 0 Å². The van der Waals surface area contributed by atoms with Gasteiger partial charge in [-0.1, -0.05) is 31.5 Å². The van der Waals surface area contributed by atoms with E-state index < -0.39 is 5.60 Å². The standard InChI is InChI=1S/C14H20FNO/c1-2-14(17,13(10-16)8-5-9-13)11-6-3-4-7-12(11)15/h3-4,6-7,17H,2,5,8-10,16H2,1H3. The first kappa shape index (κ1) is 12.5. The fourth-order valence-electron chi connectivity index (χ4n) is 3.04. The van der Waals surface area contributed by atoms with Crippen molar-refractivity contribution in [3.05, 3.63) is 35.6 Å². The molecule has 0 heterocycles. The summed E-state index contributed by atoms with van der Waals surface area (Å²) in [4.78, 5) is 0. The van der Waals surface area contributed by atoms with Crippen LogP contribution in [0.2, 0.25) is 0 Å². The Kier molecular flexibility index (Phi) is 3.23. The number of hydrogen-bond donors (Lipinski definition) is 2. The number of rotatable bonds is 4. The molecule has 1 aromatic rings. The summed E-state index contributed by atoms with van der Waals surface area (Å²) in [5.74, 6) is -0.337. The molecule has 2 rings (SSSR count). The van der Waals surface area contributed by atoms with Crippen LogP contribution in [0.25, 0.3) is 0 Å². The van der Waals surface area contributed by atoms with E-state index in [2.05, 4.69) is 0 Å². The van der Waals surface area contributed by atoms with Gasteiger partial charge in [-0.3, -0.25) is 0 Å². The van der Waals surface area contributed by atoms with Crippen molar-refractivity contribution in [3.63, 3.8) is 0 Å². The number of hydrogen-bond acceptors (Lipinski definition) is 2. The predicted molar refractivity (Wildman–Crippen MR) is 65.9 cm³/mol. The third-order valence-electron chi connectivity index (χ3n) is 4.41. The molecule has 0 aromatic heterocycles. The molecule has 0 saturated heterocycles. The van der Waals surface area contributed by atoms with Crippen LogP contribution in [-0.4, -0.2) is 11.7 Å². The zero-order valence-corrected chi connectivity index (χ0v) is 10.2. The van der Waals surface area contributed by atoms with E-state index in [1.165, 1.54) is 6.07 Å². The Balaban J connectivity index is 2.47. The van der Waals surface area contributed by atoms with E-state index in [1.54, 1.807) is 18.2 Å². The normalized spacial score (nSPS) is 21.6. The molecule has 1 aromatic carbocycles. The fraction of sp³-hybridized carbons (Fsp3) is 0.571. The van der Waals surface area contributed by atoms with Crippen LogP contribution in [0.5, 0.6) is 0 Å². The van der Waals surface area contributed by atoms with Crippen LogP contribution in [0.4, 0.5) is 4.39 Å². The van der Waals surface area contributed by atoms with Crippen LogP contribution in [0.15, 0.2) is 24.3 Å². The van der Waals surface area contributed by atoms with Gasteiger partial charge in [-0.25, -0.2) is 4.39 Å². The van der Waals surface area contributed by atoms with Gasteiger partial charge in [0.05, 0.1) is 5.60 Å². The molecule has 0 spiro atoms. The maximum atomic E-state index is 13.9. The Morgan fingerprint density at radius 3 is 2.47 bits per heavy atom. The summed E-state index contributed by atoms with van der Waals surface area (Å²) in [5.41, 5.74) is 4.75. The van der Waals surface area contributed by atoms with Crippen LogP contribution < -0.4 is 5.73 Å². The highest BCUT2D eigenvalue weighted by Crippen LogP contribution is 2.55. The van der Waals surface area contributed by atoms with Crippen LogP contribution in [-0.2, 0) is 5.60 Å². The number of halogens is 1. The van der Waals surface area contributed by atoms with Crippen molar-refractivity contribution in [2.45, 2.75) is 38.2 Å². The summed E-state index contributed by atoms with van der Waals surface area (Å²) < 4.78 is 13.9. The number of aliphatic hydroxyl groups is 1. The maximum Gasteiger partial charge on any atom is 0.129 e. The summed E-state index contributed by atoms with van der Waals surface area (Å²) in [6.45, 7) is 2.30. The molecule has 1 aliphatic rings. The Hall–Kier alpha value is -0.930. The average molecular weight is 237 g/mol. The molecule has 1 unspecified atom stereocenters. The van der Waals surface area contributed by atoms with Crippen molar-refractivity contribution in [1.82, 2.24) is 0 Å². The summed E-state index contributed by atoms with van der Waals surface area (Å²) in [6.07, 6.45) is 3.31. The summed E-state index contributed by atoms with van der Waals surface area (Å²) >= 11 is 0. The molecule has 0 amide bonds. The van der Waals surface area contributed by atoms with Crippen LogP contribution in [0.3, 0.4) is 0 Å². The summed E-state index contributed by atoms with van der Waals surface area (Å²) in [6, 6.07) is 6.49. The SMILES string of the molecule is CCC(O)(c1ccccc1F)C1(CN)CCC1. The third kappa shape index (κ3) is 1.69. The molecule has 0 bridgehead atoms. The van der Waals surface area contributed by atoms with E-state index in [0.29, 0.717) is 18.5 Å². The second-order valence-corrected chi connectivity index (χ2v) is 5.03. The highest BCUT2D eigenvalue weighted by Gasteiger charge is 2.53. The molecule has 1 atom stereocenters. The van der Waals surface area contributed by atoms with Crippen molar-refractivity contribution in [2.75, 3.05) is 6.54 Å². The molecule has 3 heteroatoms. The average Bonchev–Trinajstić information content (AvgIpc) is 2.28. The van der Waals surface area contributed by atoms with E-state index in [-0.39, 0.29) is 11.2 Å². The van der Waals surface area contributed by atoms with E-state index in [0.717, 1.165) is 19.3 Å². The first-order valence-corrected chi connectivity index (χ1v) is 6.27. The van der Waals surface area contributed by atoms with E-state index in [1.807, 2.05) is 6.92 Å². The topological polar surface area (TPSA) is 46.2 Å². The molecule has 94 valence electrons. The van der Waals surface area contributed by atoms with E-state index in [9.17, 15) is 9.50 Å². The zero-order valence-electron chi connectivity index (χ0n) is 10.2. The minimum Gasteiger partial charge on any atom is -0.384 e. The van der Waals surface area contributed by atoms with Gasteiger partial charge in [-0.05, 0) is 25.3 Å². The molecule has 2 nitrogen and oxygen atoms in total. The lowest BCUT2D eigenvalue weighted by Gasteiger charge is -2.53. The molecule has 1 aliphatic carbocycles. The van der Waals surface area contributed by atoms with Crippen LogP contribution >= 0.6 is 0 Å². The predicted octanol–water partition coefficient (Wildman–Crippen LogP) is 2.55. The largest absolute Gasteiger partial charge is 0.384 e. The molecule has 17 heavy (non-hydrogen) atoms. The Morgan fingerprint density at radius 1 is 1.41 bits per heavy atom. The van der Waals surface area contributed by atoms with Gasteiger partial charge in [0, 0.05) is 17.5 Å². The highest BCUT2D eigenvalue weighted by molar-refractivity contribution is 5.28. The molecule has 1 fully saturated rings. The number of nitrogens with two attached hydrogens (primary N) is 1. The molecule has 1 saturated carbocycles. The smallest absolute Gasteiger partial charge is 0.129 e. The molecule has 3 N–H and O–H groups in total. The first-order valence-electron chi connectivity index (χ1n) is 6.27. The lowest BCUT2D eigenvalue weighted by atomic mass is 9.56. The quantitative estimate of drug-likeness (QED) is 0.845. The first-order chi connectivity index (χ1) is 8.09. The molecule has 0 aliphatic heterocycles. The second kappa shape index (κ2) is 4.39. The van der Waals surface area contributed by atoms with Crippen molar-refractivity contribution in [1.29, 1.82) is 0 Å². The second-order valence-electron chi connectivity index (χ2n) is 5.03. The van der Waals surface area contributed by atoms with Gasteiger partial charge in [-0.2, -0.15) is 0 Å². The molecular formula is C14H20FNO. The Labute approximate surface area is 102 Å².